The van der Waals surface area contributed by atoms with Gasteiger partial charge < -0.3 is 9.80 Å². The zero-order chi connectivity index (χ0) is 15.5. The van der Waals surface area contributed by atoms with Gasteiger partial charge in [0.15, 0.2) is 0 Å². The number of carbonyl (C=O) groups is 1. The van der Waals surface area contributed by atoms with E-state index in [1.54, 1.807) is 23.3 Å². The van der Waals surface area contributed by atoms with E-state index < -0.39 is 0 Å². The van der Waals surface area contributed by atoms with E-state index in [0.717, 1.165) is 31.9 Å². The lowest BCUT2D eigenvalue weighted by molar-refractivity contribution is 0.0767. The normalized spacial score (nSPS) is 15.7. The molecule has 6 nitrogen and oxygen atoms in total. The molecule has 0 atom stereocenters. The molecule has 116 valence electrons. The van der Waals surface area contributed by atoms with Crippen molar-refractivity contribution in [3.05, 3.63) is 41.3 Å². The summed E-state index contributed by atoms with van der Waals surface area (Å²) in [6.07, 6.45) is 5.99. The highest BCUT2D eigenvalue weighted by atomic mass is 35.5. The molecule has 2 aromatic heterocycles. The fourth-order valence-electron chi connectivity index (χ4n) is 2.66. The van der Waals surface area contributed by atoms with Crippen molar-refractivity contribution in [2.75, 3.05) is 31.1 Å². The fourth-order valence-corrected chi connectivity index (χ4v) is 2.90. The Labute approximate surface area is 134 Å². The Bertz CT molecular complexity index is 671. The van der Waals surface area contributed by atoms with Crippen LogP contribution in [0.3, 0.4) is 0 Å². The molecule has 0 bridgehead atoms. The quantitative estimate of drug-likeness (QED) is 0.847. The number of anilines is 1. The van der Waals surface area contributed by atoms with Crippen molar-refractivity contribution in [1.29, 1.82) is 0 Å². The van der Waals surface area contributed by atoms with Gasteiger partial charge in [0.2, 0.25) is 0 Å². The molecule has 0 radical (unpaired) electrons. The average Bonchev–Trinajstić information content (AvgIpc) is 2.81. The van der Waals surface area contributed by atoms with Gasteiger partial charge in [-0.05, 0) is 18.6 Å². The van der Waals surface area contributed by atoms with Gasteiger partial charge in [-0.3, -0.25) is 9.48 Å². The Hall–Kier alpha value is -2.08. The predicted molar refractivity (Wildman–Crippen MR) is 85.2 cm³/mol. The summed E-state index contributed by atoms with van der Waals surface area (Å²) < 4.78 is 1.64. The summed E-state index contributed by atoms with van der Waals surface area (Å²) >= 11 is 6.21. The van der Waals surface area contributed by atoms with Crippen LogP contribution in [0.25, 0.3) is 0 Å². The molecule has 0 aliphatic carbocycles. The van der Waals surface area contributed by atoms with E-state index >= 15 is 0 Å². The third-order valence-corrected chi connectivity index (χ3v) is 4.07. The van der Waals surface area contributed by atoms with E-state index in [1.807, 2.05) is 24.1 Å². The molecule has 7 heteroatoms. The molecule has 3 rings (SSSR count). The highest BCUT2D eigenvalue weighted by Gasteiger charge is 2.22. The summed E-state index contributed by atoms with van der Waals surface area (Å²) in [6.45, 7) is 2.95. The summed E-state index contributed by atoms with van der Waals surface area (Å²) in [4.78, 5) is 20.8. The lowest BCUT2D eigenvalue weighted by Crippen LogP contribution is -2.35. The van der Waals surface area contributed by atoms with Crippen LogP contribution in [0.15, 0.2) is 30.7 Å². The van der Waals surface area contributed by atoms with Crippen LogP contribution >= 0.6 is 11.6 Å². The minimum atomic E-state index is 0.0297. The van der Waals surface area contributed by atoms with Gasteiger partial charge in [0.25, 0.3) is 5.91 Å². The third kappa shape index (κ3) is 3.06. The maximum atomic E-state index is 12.5. The largest absolute Gasteiger partial charge is 0.354 e. The van der Waals surface area contributed by atoms with E-state index in [-0.39, 0.29) is 5.91 Å². The van der Waals surface area contributed by atoms with Gasteiger partial charge >= 0.3 is 0 Å². The van der Waals surface area contributed by atoms with E-state index in [9.17, 15) is 4.79 Å². The van der Waals surface area contributed by atoms with Gasteiger partial charge in [-0.2, -0.15) is 5.10 Å². The minimum Gasteiger partial charge on any atom is -0.354 e. The molecule has 0 unspecified atom stereocenters. The fraction of sp³-hybridized carbons (Fsp3) is 0.400. The van der Waals surface area contributed by atoms with Crippen LogP contribution in [-0.2, 0) is 7.05 Å². The number of pyridine rings is 1. The van der Waals surface area contributed by atoms with Crippen molar-refractivity contribution >= 4 is 23.3 Å². The van der Waals surface area contributed by atoms with Gasteiger partial charge in [0, 0.05) is 45.6 Å². The number of amides is 1. The number of halogens is 1. The van der Waals surface area contributed by atoms with E-state index in [1.165, 1.54) is 0 Å². The molecular formula is C15H18ClN5O. The first-order valence-electron chi connectivity index (χ1n) is 7.28. The van der Waals surface area contributed by atoms with Crippen molar-refractivity contribution in [2.24, 2.45) is 7.05 Å². The van der Waals surface area contributed by atoms with Crippen LogP contribution in [-0.4, -0.2) is 51.8 Å². The van der Waals surface area contributed by atoms with Crippen LogP contribution < -0.4 is 4.90 Å². The molecular weight excluding hydrogens is 302 g/mol. The lowest BCUT2D eigenvalue weighted by atomic mass is 10.3. The van der Waals surface area contributed by atoms with Crippen LogP contribution in [0.5, 0.6) is 0 Å². The number of aromatic nitrogens is 3. The number of hydrogen-bond acceptors (Lipinski definition) is 4. The molecule has 1 fully saturated rings. The Balaban J connectivity index is 1.70. The zero-order valence-electron chi connectivity index (χ0n) is 12.4. The van der Waals surface area contributed by atoms with Crippen molar-refractivity contribution in [3.63, 3.8) is 0 Å². The second-order valence-electron chi connectivity index (χ2n) is 5.34. The Kier molecular flexibility index (Phi) is 4.29. The Morgan fingerprint density at radius 3 is 2.86 bits per heavy atom. The van der Waals surface area contributed by atoms with Gasteiger partial charge in [-0.25, -0.2) is 4.98 Å². The molecule has 22 heavy (non-hydrogen) atoms. The summed E-state index contributed by atoms with van der Waals surface area (Å²) in [5, 5.41) is 4.71. The van der Waals surface area contributed by atoms with Crippen LogP contribution in [0.4, 0.5) is 5.82 Å². The molecule has 1 aliphatic rings. The standard InChI is InChI=1S/C15H18ClN5O/c1-19-11-12(10-18-19)15(22)21-7-3-6-20(8-9-21)14-13(16)4-2-5-17-14/h2,4-5,10-11H,3,6-9H2,1H3. The van der Waals surface area contributed by atoms with Gasteiger partial charge in [0.05, 0.1) is 16.8 Å². The van der Waals surface area contributed by atoms with E-state index in [0.29, 0.717) is 17.1 Å². The number of aryl methyl sites for hydroxylation is 1. The van der Waals surface area contributed by atoms with Crippen LogP contribution in [0.2, 0.25) is 5.02 Å². The number of hydrogen-bond donors (Lipinski definition) is 0. The van der Waals surface area contributed by atoms with Gasteiger partial charge in [0.1, 0.15) is 5.82 Å². The van der Waals surface area contributed by atoms with Crippen molar-refractivity contribution in [1.82, 2.24) is 19.7 Å². The van der Waals surface area contributed by atoms with Crippen LogP contribution in [0, 0.1) is 0 Å². The maximum absolute atomic E-state index is 12.5. The molecule has 0 spiro atoms. The molecule has 0 N–H and O–H groups in total. The zero-order valence-corrected chi connectivity index (χ0v) is 13.2. The molecule has 0 saturated carbocycles. The smallest absolute Gasteiger partial charge is 0.257 e. The summed E-state index contributed by atoms with van der Waals surface area (Å²) in [5.41, 5.74) is 0.631. The lowest BCUT2D eigenvalue weighted by Gasteiger charge is -2.23. The molecule has 1 saturated heterocycles. The highest BCUT2D eigenvalue weighted by molar-refractivity contribution is 6.32. The highest BCUT2D eigenvalue weighted by Crippen LogP contribution is 2.23. The number of nitrogens with zero attached hydrogens (tertiary/aromatic N) is 5. The van der Waals surface area contributed by atoms with Gasteiger partial charge in [-0.15, -0.1) is 0 Å². The Morgan fingerprint density at radius 2 is 2.14 bits per heavy atom. The molecule has 0 aromatic carbocycles. The number of rotatable bonds is 2. The first kappa shape index (κ1) is 14.8. The predicted octanol–water partition coefficient (Wildman–Crippen LogP) is 1.82. The minimum absolute atomic E-state index is 0.0297. The third-order valence-electron chi connectivity index (χ3n) is 3.77. The SMILES string of the molecule is Cn1cc(C(=O)N2CCCN(c3ncccc3Cl)CC2)cn1. The summed E-state index contributed by atoms with van der Waals surface area (Å²) in [5.74, 6) is 0.821. The second-order valence-corrected chi connectivity index (χ2v) is 5.75. The first-order chi connectivity index (χ1) is 10.6. The van der Waals surface area contributed by atoms with E-state index in [2.05, 4.69) is 15.0 Å². The maximum Gasteiger partial charge on any atom is 0.257 e. The molecule has 1 amide bonds. The molecule has 2 aromatic rings. The molecule has 3 heterocycles. The summed E-state index contributed by atoms with van der Waals surface area (Å²) in [6, 6.07) is 3.66. The summed E-state index contributed by atoms with van der Waals surface area (Å²) in [7, 11) is 1.81. The molecule has 1 aliphatic heterocycles. The topological polar surface area (TPSA) is 54.3 Å². The first-order valence-corrected chi connectivity index (χ1v) is 7.66. The average molecular weight is 320 g/mol. The number of carbonyl (C=O) groups excluding carboxylic acids is 1. The Morgan fingerprint density at radius 1 is 1.27 bits per heavy atom. The second kappa shape index (κ2) is 6.36. The van der Waals surface area contributed by atoms with Crippen LogP contribution in [0.1, 0.15) is 16.8 Å². The monoisotopic (exact) mass is 319 g/mol. The van der Waals surface area contributed by atoms with E-state index in [4.69, 9.17) is 11.6 Å². The van der Waals surface area contributed by atoms with Crippen molar-refractivity contribution < 1.29 is 4.79 Å². The van der Waals surface area contributed by atoms with Gasteiger partial charge in [-0.1, -0.05) is 11.6 Å². The van der Waals surface area contributed by atoms with Crippen molar-refractivity contribution in [3.8, 4) is 0 Å². The van der Waals surface area contributed by atoms with Crippen molar-refractivity contribution in [2.45, 2.75) is 6.42 Å².